The van der Waals surface area contributed by atoms with Crippen LogP contribution in [0.25, 0.3) is 0 Å². The van der Waals surface area contributed by atoms with E-state index in [1.165, 1.54) is 62.7 Å². The number of hydrogen-bond acceptors (Lipinski definition) is 6. The molecule has 8 heteroatoms. The molecule has 0 aromatic heterocycles. The average molecular weight is 554 g/mol. The van der Waals surface area contributed by atoms with Crippen molar-refractivity contribution < 1.29 is 23.7 Å². The molecule has 0 aliphatic rings. The quantitative estimate of drug-likeness (QED) is 0.0612. The minimum Gasteiger partial charge on any atom is -0.382 e. The van der Waals surface area contributed by atoms with E-state index in [0.29, 0.717) is 0 Å². The molecule has 0 bridgehead atoms. The Labute approximate surface area is 227 Å². The Kier molecular flexibility index (Phi) is 29.1. The topological polar surface area (TPSA) is 49.4 Å². The highest BCUT2D eigenvalue weighted by Gasteiger charge is 2.18. The van der Waals surface area contributed by atoms with E-state index in [1.54, 1.807) is 0 Å². The van der Waals surface area contributed by atoms with Gasteiger partial charge in [-0.15, -0.1) is 15.8 Å². The molecule has 0 radical (unpaired) electrons. The van der Waals surface area contributed by atoms with Crippen LogP contribution < -0.4 is 0 Å². The Morgan fingerprint density at radius 3 is 1.11 bits per heavy atom. The zero-order valence-corrected chi connectivity index (χ0v) is 26.6. The van der Waals surface area contributed by atoms with Gasteiger partial charge in [0.2, 0.25) is 0 Å². The van der Waals surface area contributed by atoms with Crippen molar-refractivity contribution in [2.45, 2.75) is 73.5 Å². The highest BCUT2D eigenvalue weighted by molar-refractivity contribution is 7.57. The van der Waals surface area contributed by atoms with Gasteiger partial charge in [-0.3, -0.25) is 4.90 Å². The standard InChI is InChI=1S/C28H61NO5P2/c1-7-30-18-12-22-35(23-13-19-31-8-2)26-16-29(28(6)34-11-5)17-27-36(24-14-20-32-9-3)25-15-21-33-10-4/h28H,7-27H2,1-6H3. The lowest BCUT2D eigenvalue weighted by atomic mass is 10.4. The average Bonchev–Trinajstić information content (AvgIpc) is 2.88. The van der Waals surface area contributed by atoms with Gasteiger partial charge in [0.05, 0.1) is 0 Å². The Hall–Kier alpha value is 0.620. The molecule has 0 aliphatic heterocycles. The number of hydrogen-bond donors (Lipinski definition) is 0. The zero-order valence-electron chi connectivity index (χ0n) is 24.8. The molecular formula is C28H61NO5P2. The summed E-state index contributed by atoms with van der Waals surface area (Å²) in [4.78, 5) is 2.62. The fourth-order valence-corrected chi connectivity index (χ4v) is 8.90. The number of nitrogens with zero attached hydrogens (tertiary/aromatic N) is 1. The van der Waals surface area contributed by atoms with Crippen LogP contribution in [0, 0.1) is 0 Å². The van der Waals surface area contributed by atoms with Crippen LogP contribution in [-0.2, 0) is 23.7 Å². The summed E-state index contributed by atoms with van der Waals surface area (Å²) in [7, 11) is 0.00238. The largest absolute Gasteiger partial charge is 0.382 e. The Morgan fingerprint density at radius 1 is 0.500 bits per heavy atom. The van der Waals surface area contributed by atoms with Gasteiger partial charge in [-0.25, -0.2) is 0 Å². The highest BCUT2D eigenvalue weighted by atomic mass is 31.1. The third-order valence-electron chi connectivity index (χ3n) is 6.20. The van der Waals surface area contributed by atoms with Gasteiger partial charge < -0.3 is 23.7 Å². The Balaban J connectivity index is 4.90. The molecule has 36 heavy (non-hydrogen) atoms. The van der Waals surface area contributed by atoms with E-state index in [9.17, 15) is 0 Å². The summed E-state index contributed by atoms with van der Waals surface area (Å²) >= 11 is 0. The molecular weight excluding hydrogens is 492 g/mol. The van der Waals surface area contributed by atoms with E-state index in [4.69, 9.17) is 23.7 Å². The zero-order chi connectivity index (χ0) is 26.7. The van der Waals surface area contributed by atoms with E-state index in [0.717, 1.165) is 72.6 Å². The Bertz CT molecular complexity index is 381. The van der Waals surface area contributed by atoms with E-state index < -0.39 is 0 Å². The van der Waals surface area contributed by atoms with Crippen molar-refractivity contribution in [1.29, 1.82) is 0 Å². The highest BCUT2D eigenvalue weighted by Crippen LogP contribution is 2.39. The molecule has 0 aromatic rings. The second-order valence-corrected chi connectivity index (χ2v) is 14.3. The van der Waals surface area contributed by atoms with Gasteiger partial charge in [-0.05, 0) is 104 Å². The summed E-state index contributed by atoms with van der Waals surface area (Å²) in [6.07, 6.45) is 12.7. The molecule has 6 nitrogen and oxygen atoms in total. The van der Waals surface area contributed by atoms with Crippen molar-refractivity contribution in [2.75, 3.05) is 110 Å². The van der Waals surface area contributed by atoms with Crippen LogP contribution in [0.4, 0.5) is 0 Å². The number of ether oxygens (including phenoxy) is 5. The van der Waals surface area contributed by atoms with Crippen LogP contribution in [0.1, 0.15) is 67.2 Å². The van der Waals surface area contributed by atoms with Gasteiger partial charge in [0.15, 0.2) is 0 Å². The van der Waals surface area contributed by atoms with E-state index in [1.807, 2.05) is 0 Å². The summed E-state index contributed by atoms with van der Waals surface area (Å²) < 4.78 is 28.6. The van der Waals surface area contributed by atoms with Gasteiger partial charge in [-0.2, -0.15) is 0 Å². The number of rotatable bonds is 29. The fraction of sp³-hybridized carbons (Fsp3) is 1.00. The summed E-state index contributed by atoms with van der Waals surface area (Å²) in [5.41, 5.74) is 0. The fourth-order valence-electron chi connectivity index (χ4n) is 4.17. The molecule has 0 N–H and O–H groups in total. The van der Waals surface area contributed by atoms with Crippen LogP contribution in [0.5, 0.6) is 0 Å². The molecule has 0 saturated carbocycles. The molecule has 0 rings (SSSR count). The molecule has 1 atom stereocenters. The second-order valence-electron chi connectivity index (χ2n) is 8.98. The molecule has 0 spiro atoms. The van der Waals surface area contributed by atoms with Crippen molar-refractivity contribution in [3.05, 3.63) is 0 Å². The van der Waals surface area contributed by atoms with Crippen LogP contribution in [-0.4, -0.2) is 121 Å². The maximum absolute atomic E-state index is 6.08. The molecule has 0 aromatic carbocycles. The molecule has 0 heterocycles. The normalized spacial score (nSPS) is 12.9. The smallest absolute Gasteiger partial charge is 0.107 e. The van der Waals surface area contributed by atoms with Gasteiger partial charge >= 0.3 is 0 Å². The summed E-state index contributed by atoms with van der Waals surface area (Å²) in [6, 6.07) is 0. The first kappa shape index (κ1) is 36.6. The summed E-state index contributed by atoms with van der Waals surface area (Å²) in [6.45, 7) is 22.6. The molecule has 0 saturated heterocycles. The second kappa shape index (κ2) is 28.6. The maximum Gasteiger partial charge on any atom is 0.107 e. The van der Waals surface area contributed by atoms with Gasteiger partial charge in [0, 0.05) is 72.6 Å². The van der Waals surface area contributed by atoms with Crippen LogP contribution in [0.15, 0.2) is 0 Å². The first-order chi connectivity index (χ1) is 17.6. The lowest BCUT2D eigenvalue weighted by Crippen LogP contribution is -2.39. The van der Waals surface area contributed by atoms with Crippen LogP contribution >= 0.6 is 15.8 Å². The summed E-state index contributed by atoms with van der Waals surface area (Å²) in [5.74, 6) is 0. The predicted molar refractivity (Wildman–Crippen MR) is 160 cm³/mol. The minimum absolute atomic E-state index is 0.00119. The molecule has 1 unspecified atom stereocenters. The van der Waals surface area contributed by atoms with Crippen molar-refractivity contribution in [3.8, 4) is 0 Å². The predicted octanol–water partition coefficient (Wildman–Crippen LogP) is 6.34. The van der Waals surface area contributed by atoms with Crippen LogP contribution in [0.3, 0.4) is 0 Å². The molecule has 218 valence electrons. The third kappa shape index (κ3) is 22.6. The molecule has 0 amide bonds. The summed E-state index contributed by atoms with van der Waals surface area (Å²) in [5, 5.41) is 0. The first-order valence-corrected chi connectivity index (χ1v) is 18.5. The molecule has 0 fully saturated rings. The lowest BCUT2D eigenvalue weighted by Gasteiger charge is -2.32. The van der Waals surface area contributed by atoms with Crippen molar-refractivity contribution in [1.82, 2.24) is 4.90 Å². The van der Waals surface area contributed by atoms with Crippen molar-refractivity contribution in [2.24, 2.45) is 0 Å². The van der Waals surface area contributed by atoms with Crippen molar-refractivity contribution in [3.63, 3.8) is 0 Å². The van der Waals surface area contributed by atoms with Crippen molar-refractivity contribution >= 4 is 15.8 Å². The molecule has 0 aliphatic carbocycles. The SMILES string of the molecule is CCOCCCP(CCCOCC)CCN(CCP(CCCOCC)CCCOCC)C(C)OCC. The third-order valence-corrected chi connectivity index (χ3v) is 11.7. The van der Waals surface area contributed by atoms with Gasteiger partial charge in [-0.1, -0.05) is 0 Å². The first-order valence-electron chi connectivity index (χ1n) is 14.7. The van der Waals surface area contributed by atoms with E-state index >= 15 is 0 Å². The van der Waals surface area contributed by atoms with Crippen LogP contribution in [0.2, 0.25) is 0 Å². The van der Waals surface area contributed by atoms with Gasteiger partial charge in [0.25, 0.3) is 0 Å². The minimum atomic E-state index is 0.00119. The maximum atomic E-state index is 6.08. The van der Waals surface area contributed by atoms with Gasteiger partial charge in [0.1, 0.15) is 6.23 Å². The monoisotopic (exact) mass is 553 g/mol. The Morgan fingerprint density at radius 2 is 0.833 bits per heavy atom. The lowest BCUT2D eigenvalue weighted by molar-refractivity contribution is -0.0361. The van der Waals surface area contributed by atoms with E-state index in [-0.39, 0.29) is 22.1 Å². The van der Waals surface area contributed by atoms with E-state index in [2.05, 4.69) is 46.4 Å².